The number of esters is 1. The second-order valence-corrected chi connectivity index (χ2v) is 4.24. The highest BCUT2D eigenvalue weighted by Gasteiger charge is 2.11. The first-order chi connectivity index (χ1) is 8.65. The maximum atomic E-state index is 11.4. The zero-order chi connectivity index (χ0) is 13.0. The fourth-order valence-electron chi connectivity index (χ4n) is 1.20. The molecule has 7 heteroatoms. The monoisotopic (exact) mass is 266 g/mol. The molecule has 0 atom stereocenters. The predicted octanol–water partition coefficient (Wildman–Crippen LogP) is 1.84. The molecule has 0 aromatic carbocycles. The number of aryl methyl sites for hydroxylation is 1. The van der Waals surface area contributed by atoms with Gasteiger partial charge in [-0.15, -0.1) is 0 Å². The largest absolute Gasteiger partial charge is 0.452 e. The number of carbonyl (C=O) groups excluding carboxylic acids is 2. The number of rotatable bonds is 4. The third-order valence-corrected chi connectivity index (χ3v) is 2.67. The minimum atomic E-state index is -0.525. The molecule has 6 nitrogen and oxygen atoms in total. The van der Waals surface area contributed by atoms with E-state index >= 15 is 0 Å². The number of hydrogen-bond acceptors (Lipinski definition) is 6. The lowest BCUT2D eigenvalue weighted by atomic mass is 10.3. The summed E-state index contributed by atoms with van der Waals surface area (Å²) >= 11 is 1.38. The molecule has 0 spiro atoms. The molecule has 2 aromatic rings. The van der Waals surface area contributed by atoms with Gasteiger partial charge in [0.2, 0.25) is 0 Å². The molecule has 2 rings (SSSR count). The molecule has 18 heavy (non-hydrogen) atoms. The Labute approximate surface area is 107 Å². The predicted molar refractivity (Wildman–Crippen MR) is 64.5 cm³/mol. The van der Waals surface area contributed by atoms with Crippen LogP contribution in [0.1, 0.15) is 16.1 Å². The van der Waals surface area contributed by atoms with Crippen molar-refractivity contribution in [2.45, 2.75) is 6.92 Å². The molecule has 0 saturated carbocycles. The lowest BCUT2D eigenvalue weighted by Crippen LogP contribution is -2.20. The van der Waals surface area contributed by atoms with Crippen LogP contribution in [0.4, 0.5) is 5.82 Å². The highest BCUT2D eigenvalue weighted by atomic mass is 32.1. The number of anilines is 1. The van der Waals surface area contributed by atoms with Crippen molar-refractivity contribution < 1.29 is 18.8 Å². The highest BCUT2D eigenvalue weighted by molar-refractivity contribution is 7.08. The van der Waals surface area contributed by atoms with Gasteiger partial charge in [-0.3, -0.25) is 4.79 Å². The summed E-state index contributed by atoms with van der Waals surface area (Å²) in [5, 5.41) is 9.44. The Bertz CT molecular complexity index is 547. The van der Waals surface area contributed by atoms with E-state index in [0.717, 1.165) is 0 Å². The molecule has 0 aliphatic carbocycles. The Balaban J connectivity index is 1.80. The number of nitrogens with one attached hydrogen (secondary N) is 1. The number of amides is 1. The average molecular weight is 266 g/mol. The lowest BCUT2D eigenvalue weighted by molar-refractivity contribution is -0.119. The minimum Gasteiger partial charge on any atom is -0.452 e. The van der Waals surface area contributed by atoms with Gasteiger partial charge in [0.25, 0.3) is 5.91 Å². The topological polar surface area (TPSA) is 81.4 Å². The van der Waals surface area contributed by atoms with Gasteiger partial charge in [0.1, 0.15) is 5.76 Å². The number of thiophene rings is 1. The van der Waals surface area contributed by atoms with Crippen molar-refractivity contribution in [2.75, 3.05) is 11.9 Å². The van der Waals surface area contributed by atoms with Crippen LogP contribution in [0.25, 0.3) is 0 Å². The van der Waals surface area contributed by atoms with E-state index in [-0.39, 0.29) is 6.61 Å². The molecule has 0 saturated heterocycles. The molecule has 1 amide bonds. The van der Waals surface area contributed by atoms with Gasteiger partial charge in [-0.1, -0.05) is 5.16 Å². The van der Waals surface area contributed by atoms with Gasteiger partial charge < -0.3 is 14.6 Å². The van der Waals surface area contributed by atoms with Crippen molar-refractivity contribution >= 4 is 29.0 Å². The first kappa shape index (κ1) is 12.3. The van der Waals surface area contributed by atoms with Gasteiger partial charge in [0.05, 0.1) is 5.56 Å². The van der Waals surface area contributed by atoms with Crippen molar-refractivity contribution in [3.63, 3.8) is 0 Å². The second kappa shape index (κ2) is 5.46. The van der Waals surface area contributed by atoms with E-state index in [1.165, 1.54) is 11.3 Å². The number of aromatic nitrogens is 1. The van der Waals surface area contributed by atoms with Crippen molar-refractivity contribution in [1.29, 1.82) is 0 Å². The fraction of sp³-hybridized carbons (Fsp3) is 0.182. The van der Waals surface area contributed by atoms with Crippen molar-refractivity contribution in [1.82, 2.24) is 5.16 Å². The number of nitrogens with zero attached hydrogens (tertiary/aromatic N) is 1. The van der Waals surface area contributed by atoms with Crippen LogP contribution in [0.3, 0.4) is 0 Å². The first-order valence-corrected chi connectivity index (χ1v) is 6.02. The fourth-order valence-corrected chi connectivity index (χ4v) is 1.82. The molecule has 2 aromatic heterocycles. The van der Waals surface area contributed by atoms with Crippen molar-refractivity contribution in [3.05, 3.63) is 34.2 Å². The SMILES string of the molecule is Cc1cc(NC(=O)COC(=O)c2ccsc2)no1. The average Bonchev–Trinajstić information content (AvgIpc) is 2.97. The van der Waals surface area contributed by atoms with Crippen LogP contribution in [0.2, 0.25) is 0 Å². The Morgan fingerprint density at radius 3 is 3.00 bits per heavy atom. The van der Waals surface area contributed by atoms with Crippen LogP contribution < -0.4 is 5.32 Å². The lowest BCUT2D eigenvalue weighted by Gasteiger charge is -2.02. The summed E-state index contributed by atoms with van der Waals surface area (Å²) in [4.78, 5) is 22.9. The summed E-state index contributed by atoms with van der Waals surface area (Å²) in [7, 11) is 0. The smallest absolute Gasteiger partial charge is 0.339 e. The number of hydrogen-bond donors (Lipinski definition) is 1. The van der Waals surface area contributed by atoms with Crippen molar-refractivity contribution in [3.8, 4) is 0 Å². The zero-order valence-corrected chi connectivity index (χ0v) is 10.3. The van der Waals surface area contributed by atoms with E-state index < -0.39 is 11.9 Å². The quantitative estimate of drug-likeness (QED) is 0.854. The molecular formula is C11H10N2O4S. The van der Waals surface area contributed by atoms with E-state index in [1.807, 2.05) is 0 Å². The van der Waals surface area contributed by atoms with Crippen LogP contribution in [0.15, 0.2) is 27.4 Å². The molecular weight excluding hydrogens is 256 g/mol. The third kappa shape index (κ3) is 3.17. The summed E-state index contributed by atoms with van der Waals surface area (Å²) in [6.07, 6.45) is 0. The molecule has 94 valence electrons. The molecule has 1 N–H and O–H groups in total. The Morgan fingerprint density at radius 1 is 1.56 bits per heavy atom. The standard InChI is InChI=1S/C11H10N2O4S/c1-7-4-9(13-17-7)12-10(14)5-16-11(15)8-2-3-18-6-8/h2-4,6H,5H2,1H3,(H,12,13,14). The van der Waals surface area contributed by atoms with Crippen LogP contribution in [0, 0.1) is 6.92 Å². The minimum absolute atomic E-state index is 0.295. The highest BCUT2D eigenvalue weighted by Crippen LogP contribution is 2.08. The van der Waals surface area contributed by atoms with E-state index in [1.54, 1.807) is 29.8 Å². The first-order valence-electron chi connectivity index (χ1n) is 5.07. The molecule has 0 fully saturated rings. The number of ether oxygens (including phenoxy) is 1. The van der Waals surface area contributed by atoms with Crippen LogP contribution in [0.5, 0.6) is 0 Å². The summed E-state index contributed by atoms with van der Waals surface area (Å²) in [6, 6.07) is 3.20. The van der Waals surface area contributed by atoms with E-state index in [0.29, 0.717) is 17.1 Å². The summed E-state index contributed by atoms with van der Waals surface area (Å²) < 4.78 is 9.60. The molecule has 0 radical (unpaired) electrons. The van der Waals surface area contributed by atoms with Crippen molar-refractivity contribution in [2.24, 2.45) is 0 Å². The Kier molecular flexibility index (Phi) is 3.73. The molecule has 0 bridgehead atoms. The summed E-state index contributed by atoms with van der Waals surface area (Å²) in [5.41, 5.74) is 0.435. The molecule has 0 unspecified atom stereocenters. The van der Waals surface area contributed by atoms with Crippen LogP contribution >= 0.6 is 11.3 Å². The maximum Gasteiger partial charge on any atom is 0.339 e. The van der Waals surface area contributed by atoms with Gasteiger partial charge in [-0.2, -0.15) is 11.3 Å². The van der Waals surface area contributed by atoms with Crippen LogP contribution in [-0.4, -0.2) is 23.6 Å². The van der Waals surface area contributed by atoms with Gasteiger partial charge >= 0.3 is 5.97 Å². The number of carbonyl (C=O) groups is 2. The maximum absolute atomic E-state index is 11.4. The summed E-state index contributed by atoms with van der Waals surface area (Å²) in [6.45, 7) is 1.35. The van der Waals surface area contributed by atoms with Gasteiger partial charge in [-0.05, 0) is 18.4 Å². The molecule has 0 aliphatic heterocycles. The van der Waals surface area contributed by atoms with E-state index in [2.05, 4.69) is 10.5 Å². The van der Waals surface area contributed by atoms with Crippen LogP contribution in [-0.2, 0) is 9.53 Å². The van der Waals surface area contributed by atoms with E-state index in [9.17, 15) is 9.59 Å². The van der Waals surface area contributed by atoms with Gasteiger partial charge in [0, 0.05) is 11.4 Å². The second-order valence-electron chi connectivity index (χ2n) is 3.46. The Hall–Kier alpha value is -2.15. The van der Waals surface area contributed by atoms with Gasteiger partial charge in [-0.25, -0.2) is 4.79 Å². The Morgan fingerprint density at radius 2 is 2.39 bits per heavy atom. The normalized spacial score (nSPS) is 10.1. The summed E-state index contributed by atoms with van der Waals surface area (Å²) in [5.74, 6) is -0.112. The molecule has 2 heterocycles. The zero-order valence-electron chi connectivity index (χ0n) is 9.50. The van der Waals surface area contributed by atoms with E-state index in [4.69, 9.17) is 9.26 Å². The van der Waals surface area contributed by atoms with Gasteiger partial charge in [0.15, 0.2) is 12.4 Å². The molecule has 0 aliphatic rings. The third-order valence-electron chi connectivity index (χ3n) is 1.99.